The highest BCUT2D eigenvalue weighted by Gasteiger charge is 2.67. The van der Waals surface area contributed by atoms with Crippen molar-refractivity contribution < 1.29 is 44.3 Å². The third kappa shape index (κ3) is 6.60. The van der Waals surface area contributed by atoms with Crippen molar-refractivity contribution >= 4 is 55.3 Å². The summed E-state index contributed by atoms with van der Waals surface area (Å²) in [5.41, 5.74) is -3.05. The van der Waals surface area contributed by atoms with Crippen molar-refractivity contribution in [2.75, 3.05) is 18.1 Å². The van der Waals surface area contributed by atoms with Crippen LogP contribution in [-0.4, -0.2) is 61.8 Å². The molecule has 8 rings (SSSR count). The average molecular weight is 836 g/mol. The SMILES string of the molecule is COc1cnc2c(=O)n(-c3ccc(Cl)c4c(NS(C)(=O)=O)nn(C)c34)c([C@H](Cc3cc(F)cc(F)c3)NC(=O)Cn3nc(C(F)F)c4c3C(F)(F)[C@@H]3C[C@H]43)nc2c1. The van der Waals surface area contributed by atoms with Gasteiger partial charge in [-0.1, -0.05) is 11.6 Å². The van der Waals surface area contributed by atoms with E-state index in [1.807, 2.05) is 0 Å². The lowest BCUT2D eigenvalue weighted by Gasteiger charge is -2.24. The van der Waals surface area contributed by atoms with Crippen molar-refractivity contribution in [3.63, 3.8) is 0 Å². The predicted molar refractivity (Wildman–Crippen MR) is 192 cm³/mol. The molecule has 1 saturated carbocycles. The van der Waals surface area contributed by atoms with Gasteiger partial charge in [-0.15, -0.1) is 0 Å². The highest BCUT2D eigenvalue weighted by Crippen LogP contribution is 2.68. The molecule has 22 heteroatoms. The number of amides is 1. The first-order chi connectivity index (χ1) is 26.9. The minimum absolute atomic E-state index is 0.00484. The minimum atomic E-state index is -3.90. The average Bonchev–Trinajstić information content (AvgIpc) is 3.66. The quantitative estimate of drug-likeness (QED) is 0.162. The second-order valence-electron chi connectivity index (χ2n) is 13.8. The second kappa shape index (κ2) is 13.5. The van der Waals surface area contributed by atoms with Crippen molar-refractivity contribution in [3.8, 4) is 11.4 Å². The number of benzene rings is 2. The summed E-state index contributed by atoms with van der Waals surface area (Å²) in [5, 5.41) is 10.6. The third-order valence-corrected chi connectivity index (χ3v) is 10.7. The number of pyridine rings is 1. The molecule has 1 fully saturated rings. The molecule has 0 bridgehead atoms. The first-order valence-electron chi connectivity index (χ1n) is 17.0. The van der Waals surface area contributed by atoms with Gasteiger partial charge in [0.2, 0.25) is 15.9 Å². The lowest BCUT2D eigenvalue weighted by atomic mass is 10.0. The first kappa shape index (κ1) is 38.2. The molecular weight excluding hydrogens is 808 g/mol. The molecule has 57 heavy (non-hydrogen) atoms. The highest BCUT2D eigenvalue weighted by molar-refractivity contribution is 7.92. The molecule has 6 aromatic rings. The topological polar surface area (TPSA) is 168 Å². The fourth-order valence-corrected chi connectivity index (χ4v) is 8.29. The van der Waals surface area contributed by atoms with Crippen molar-refractivity contribution in [2.24, 2.45) is 13.0 Å². The van der Waals surface area contributed by atoms with Crippen LogP contribution in [0.1, 0.15) is 53.1 Å². The molecule has 14 nitrogen and oxygen atoms in total. The van der Waals surface area contributed by atoms with Crippen LogP contribution >= 0.6 is 11.6 Å². The van der Waals surface area contributed by atoms with Gasteiger partial charge in [-0.3, -0.25) is 28.2 Å². The van der Waals surface area contributed by atoms with Crippen LogP contribution in [0.3, 0.4) is 0 Å². The number of fused-ring (bicyclic) bond motifs is 5. The Balaban J connectivity index is 1.33. The van der Waals surface area contributed by atoms with Crippen LogP contribution in [0.4, 0.5) is 32.2 Å². The smallest absolute Gasteiger partial charge is 0.293 e. The Morgan fingerprint density at radius 2 is 1.84 bits per heavy atom. The van der Waals surface area contributed by atoms with E-state index in [0.29, 0.717) is 10.7 Å². The van der Waals surface area contributed by atoms with Gasteiger partial charge in [0.15, 0.2) is 11.3 Å². The molecule has 298 valence electrons. The number of nitrogens with one attached hydrogen (secondary N) is 2. The summed E-state index contributed by atoms with van der Waals surface area (Å²) in [7, 11) is -1.14. The molecule has 0 spiro atoms. The van der Waals surface area contributed by atoms with Gasteiger partial charge in [-0.2, -0.15) is 19.0 Å². The molecule has 0 unspecified atom stereocenters. The van der Waals surface area contributed by atoms with E-state index in [4.69, 9.17) is 16.3 Å². The number of ether oxygens (including phenoxy) is 1. The Kier molecular flexibility index (Phi) is 9.02. The van der Waals surface area contributed by atoms with Gasteiger partial charge in [0.05, 0.1) is 47.2 Å². The second-order valence-corrected chi connectivity index (χ2v) is 15.9. The number of nitrogens with zero attached hydrogens (tertiary/aromatic N) is 7. The summed E-state index contributed by atoms with van der Waals surface area (Å²) in [6, 6.07) is 5.09. The maximum atomic E-state index is 15.4. The Hall–Kier alpha value is -5.70. The van der Waals surface area contributed by atoms with Crippen molar-refractivity contribution in [1.29, 1.82) is 0 Å². The van der Waals surface area contributed by atoms with Crippen LogP contribution in [0.25, 0.3) is 27.6 Å². The van der Waals surface area contributed by atoms with Gasteiger partial charge in [0.25, 0.3) is 17.9 Å². The zero-order valence-corrected chi connectivity index (χ0v) is 31.3. The number of carbonyl (C=O) groups is 1. The molecule has 4 heterocycles. The molecule has 2 aromatic carbocycles. The van der Waals surface area contributed by atoms with Gasteiger partial charge in [0, 0.05) is 37.1 Å². The van der Waals surface area contributed by atoms with E-state index < -0.39 is 87.7 Å². The molecular formula is C35H28ClF6N9O5S. The third-order valence-electron chi connectivity index (χ3n) is 9.86. The zero-order valence-electron chi connectivity index (χ0n) is 29.7. The Labute approximate surface area is 322 Å². The molecule has 0 radical (unpaired) electrons. The minimum Gasteiger partial charge on any atom is -0.495 e. The van der Waals surface area contributed by atoms with E-state index in [1.54, 1.807) is 0 Å². The fraction of sp³-hybridized carbons (Fsp3) is 0.314. The molecule has 3 atom stereocenters. The number of alkyl halides is 4. The Bertz CT molecular complexity index is 2830. The Morgan fingerprint density at radius 3 is 2.51 bits per heavy atom. The van der Waals surface area contributed by atoms with Crippen LogP contribution in [0, 0.1) is 17.6 Å². The maximum Gasteiger partial charge on any atom is 0.293 e. The number of hydrogen-bond acceptors (Lipinski definition) is 9. The summed E-state index contributed by atoms with van der Waals surface area (Å²) in [5.74, 6) is -8.93. The number of halogens is 7. The summed E-state index contributed by atoms with van der Waals surface area (Å²) >= 11 is 6.56. The molecule has 4 aromatic heterocycles. The molecule has 1 amide bonds. The number of sulfonamides is 1. The van der Waals surface area contributed by atoms with Crippen LogP contribution in [-0.2, 0) is 40.8 Å². The zero-order chi connectivity index (χ0) is 40.9. The molecule has 0 saturated heterocycles. The predicted octanol–water partition coefficient (Wildman–Crippen LogP) is 5.42. The number of anilines is 1. The van der Waals surface area contributed by atoms with E-state index in [9.17, 15) is 35.6 Å². The monoisotopic (exact) mass is 835 g/mol. The van der Waals surface area contributed by atoms with Gasteiger partial charge in [-0.05, 0) is 42.2 Å². The maximum absolute atomic E-state index is 15.4. The number of aryl methyl sites for hydroxylation is 1. The number of hydrogen-bond donors (Lipinski definition) is 2. The van der Waals surface area contributed by atoms with E-state index in [2.05, 4.69) is 30.2 Å². The van der Waals surface area contributed by atoms with Gasteiger partial charge >= 0.3 is 0 Å². The van der Waals surface area contributed by atoms with Crippen LogP contribution < -0.4 is 20.3 Å². The fourth-order valence-electron chi connectivity index (χ4n) is 7.56. The molecule has 2 aliphatic rings. The van der Waals surface area contributed by atoms with Crippen molar-refractivity contribution in [2.45, 2.75) is 43.7 Å². The summed E-state index contributed by atoms with van der Waals surface area (Å²) < 4.78 is 123. The molecule has 0 aliphatic heterocycles. The standard InChI is InChI=1S/C35H28ClF6N9O5S/c1-49-29-23(5-4-20(36)26(29)32(47-49)48-57(3,54)55)51-33(45-21-10-17(56-2)12-43-27(21)34(51)53)22(8-14-6-15(37)9-16(38)7-14)44-24(52)13-50-30-25(28(46-50)31(39)40)18-11-19(18)35(30,41)42/h4-7,9-10,12,18-19,22,31H,8,11,13H2,1-3H3,(H,44,52)(H,47,48)/t18-,19+,22-/m0/s1. The molecule has 2 aliphatic carbocycles. The van der Waals surface area contributed by atoms with Gasteiger partial charge in [0.1, 0.15) is 46.7 Å². The van der Waals surface area contributed by atoms with E-state index >= 15 is 8.78 Å². The summed E-state index contributed by atoms with van der Waals surface area (Å²) in [4.78, 5) is 37.5. The van der Waals surface area contributed by atoms with Gasteiger partial charge in [-0.25, -0.2) is 35.9 Å². The summed E-state index contributed by atoms with van der Waals surface area (Å²) in [6.45, 7) is -0.987. The first-order valence-corrected chi connectivity index (χ1v) is 19.2. The van der Waals surface area contributed by atoms with Crippen LogP contribution in [0.5, 0.6) is 5.75 Å². The largest absolute Gasteiger partial charge is 0.495 e. The van der Waals surface area contributed by atoms with E-state index in [0.717, 1.165) is 23.0 Å². The Morgan fingerprint density at radius 1 is 1.12 bits per heavy atom. The number of rotatable bonds is 11. The van der Waals surface area contributed by atoms with Crippen LogP contribution in [0.2, 0.25) is 5.02 Å². The van der Waals surface area contributed by atoms with Crippen molar-refractivity contribution in [3.05, 3.63) is 97.9 Å². The summed E-state index contributed by atoms with van der Waals surface area (Å²) in [6.07, 6.45) is -1.55. The highest BCUT2D eigenvalue weighted by atomic mass is 35.5. The number of carbonyl (C=O) groups excluding carboxylic acids is 1. The van der Waals surface area contributed by atoms with Crippen molar-refractivity contribution in [1.82, 2.24) is 39.4 Å². The number of aromatic nitrogens is 7. The molecule has 2 N–H and O–H groups in total. The van der Waals surface area contributed by atoms with E-state index in [-0.39, 0.29) is 67.6 Å². The van der Waals surface area contributed by atoms with Gasteiger partial charge < -0.3 is 10.1 Å². The van der Waals surface area contributed by atoms with E-state index in [1.165, 1.54) is 43.2 Å². The normalized spacial score (nSPS) is 17.5. The lowest BCUT2D eigenvalue weighted by Crippen LogP contribution is -2.38. The van der Waals surface area contributed by atoms with Crippen LogP contribution in [0.15, 0.2) is 47.4 Å². The lowest BCUT2D eigenvalue weighted by molar-refractivity contribution is -0.123. The number of methoxy groups -OCH3 is 1.